The lowest BCUT2D eigenvalue weighted by molar-refractivity contribution is -0.113. The van der Waals surface area contributed by atoms with Crippen molar-refractivity contribution in [2.24, 2.45) is 0 Å². The van der Waals surface area contributed by atoms with Gasteiger partial charge in [-0.15, -0.1) is 10.2 Å². The van der Waals surface area contributed by atoms with Gasteiger partial charge >= 0.3 is 0 Å². The second kappa shape index (κ2) is 8.28. The fraction of sp³-hybridized carbons (Fsp3) is 0.0526. The maximum atomic E-state index is 12.3. The number of aromatic nitrogens is 4. The van der Waals surface area contributed by atoms with Gasteiger partial charge < -0.3 is 9.73 Å². The van der Waals surface area contributed by atoms with Gasteiger partial charge in [0.15, 0.2) is 10.9 Å². The Kier molecular flexibility index (Phi) is 5.41. The molecule has 28 heavy (non-hydrogen) atoms. The number of amides is 1. The van der Waals surface area contributed by atoms with Crippen LogP contribution < -0.4 is 5.32 Å². The average molecular weight is 412 g/mol. The highest BCUT2D eigenvalue weighted by Crippen LogP contribution is 2.28. The number of hydrogen-bond donors (Lipinski definition) is 1. The van der Waals surface area contributed by atoms with Crippen molar-refractivity contribution in [1.82, 2.24) is 19.7 Å². The van der Waals surface area contributed by atoms with Crippen LogP contribution >= 0.6 is 23.4 Å². The lowest BCUT2D eigenvalue weighted by atomic mass is 10.3. The summed E-state index contributed by atoms with van der Waals surface area (Å²) in [5.41, 5.74) is 0.876. The molecule has 3 heterocycles. The van der Waals surface area contributed by atoms with Gasteiger partial charge in [-0.1, -0.05) is 41.6 Å². The minimum Gasteiger partial charge on any atom is -0.461 e. The lowest BCUT2D eigenvalue weighted by Gasteiger charge is -2.09. The monoisotopic (exact) mass is 411 g/mol. The smallest absolute Gasteiger partial charge is 0.236 e. The van der Waals surface area contributed by atoms with Gasteiger partial charge in [0.2, 0.25) is 11.7 Å². The molecule has 7 nitrogen and oxygen atoms in total. The SMILES string of the molecule is O=C(CSc1nnc(-c2ccco2)n1-c1ccccc1)Nc1ccc(Cl)cn1. The minimum atomic E-state index is -0.206. The van der Waals surface area contributed by atoms with Gasteiger partial charge in [0.05, 0.1) is 17.0 Å². The van der Waals surface area contributed by atoms with E-state index in [1.807, 2.05) is 41.0 Å². The van der Waals surface area contributed by atoms with E-state index in [2.05, 4.69) is 20.5 Å². The van der Waals surface area contributed by atoms with Gasteiger partial charge in [0.1, 0.15) is 5.82 Å². The summed E-state index contributed by atoms with van der Waals surface area (Å²) in [5.74, 6) is 1.54. The molecule has 0 aliphatic carbocycles. The van der Waals surface area contributed by atoms with E-state index < -0.39 is 0 Å². The molecule has 1 amide bonds. The molecule has 9 heteroatoms. The molecule has 140 valence electrons. The second-order valence-electron chi connectivity index (χ2n) is 5.65. The Morgan fingerprint density at radius 1 is 1.11 bits per heavy atom. The van der Waals surface area contributed by atoms with E-state index in [1.165, 1.54) is 18.0 Å². The van der Waals surface area contributed by atoms with E-state index in [0.29, 0.717) is 27.6 Å². The number of hydrogen-bond acceptors (Lipinski definition) is 6. The summed E-state index contributed by atoms with van der Waals surface area (Å²) < 4.78 is 7.34. The average Bonchev–Trinajstić information content (AvgIpc) is 3.38. The minimum absolute atomic E-state index is 0.146. The van der Waals surface area contributed by atoms with Crippen LogP contribution in [0.25, 0.3) is 17.3 Å². The van der Waals surface area contributed by atoms with Crippen molar-refractivity contribution < 1.29 is 9.21 Å². The largest absolute Gasteiger partial charge is 0.461 e. The fourth-order valence-corrected chi connectivity index (χ4v) is 3.36. The standard InChI is InChI=1S/C19H14ClN5O2S/c20-13-8-9-16(21-11-13)22-17(26)12-28-19-24-23-18(15-7-4-10-27-15)25(19)14-5-2-1-3-6-14/h1-11H,12H2,(H,21,22,26). The Balaban J connectivity index is 1.54. The third-order valence-electron chi connectivity index (χ3n) is 3.72. The first-order valence-corrected chi connectivity index (χ1v) is 9.66. The van der Waals surface area contributed by atoms with Crippen LogP contribution in [0.1, 0.15) is 0 Å². The van der Waals surface area contributed by atoms with Gasteiger partial charge in [0.25, 0.3) is 0 Å². The van der Waals surface area contributed by atoms with E-state index in [-0.39, 0.29) is 11.7 Å². The van der Waals surface area contributed by atoms with Crippen LogP contribution in [-0.4, -0.2) is 31.4 Å². The van der Waals surface area contributed by atoms with E-state index in [1.54, 1.807) is 24.5 Å². The maximum absolute atomic E-state index is 12.3. The van der Waals surface area contributed by atoms with Crippen LogP contribution in [0.5, 0.6) is 0 Å². The lowest BCUT2D eigenvalue weighted by Crippen LogP contribution is -2.15. The molecule has 0 aliphatic heterocycles. The first-order chi connectivity index (χ1) is 13.7. The normalized spacial score (nSPS) is 10.8. The van der Waals surface area contributed by atoms with Crippen molar-refractivity contribution in [2.75, 3.05) is 11.1 Å². The molecule has 0 spiro atoms. The number of anilines is 1. The first-order valence-electron chi connectivity index (χ1n) is 8.29. The third kappa shape index (κ3) is 4.08. The van der Waals surface area contributed by atoms with Crippen molar-refractivity contribution in [3.05, 3.63) is 72.1 Å². The zero-order valence-corrected chi connectivity index (χ0v) is 16.0. The molecule has 0 bridgehead atoms. The fourth-order valence-electron chi connectivity index (χ4n) is 2.50. The predicted octanol–water partition coefficient (Wildman–Crippen LogP) is 4.31. The number of nitrogens with zero attached hydrogens (tertiary/aromatic N) is 4. The summed E-state index contributed by atoms with van der Waals surface area (Å²) in [4.78, 5) is 16.3. The number of pyridine rings is 1. The quantitative estimate of drug-likeness (QED) is 0.476. The van der Waals surface area contributed by atoms with Gasteiger partial charge in [0, 0.05) is 11.9 Å². The number of benzene rings is 1. The Bertz CT molecular complexity index is 1070. The van der Waals surface area contributed by atoms with E-state index in [0.717, 1.165) is 5.69 Å². The van der Waals surface area contributed by atoms with Crippen molar-refractivity contribution >= 4 is 35.1 Å². The van der Waals surface area contributed by atoms with Gasteiger partial charge in [-0.25, -0.2) is 4.98 Å². The molecule has 0 radical (unpaired) electrons. The van der Waals surface area contributed by atoms with Crippen LogP contribution in [-0.2, 0) is 4.79 Å². The van der Waals surface area contributed by atoms with E-state index >= 15 is 0 Å². The molecule has 0 aliphatic rings. The van der Waals surface area contributed by atoms with Crippen LogP contribution in [0.2, 0.25) is 5.02 Å². The van der Waals surface area contributed by atoms with Crippen molar-refractivity contribution in [3.63, 3.8) is 0 Å². The molecule has 3 aromatic heterocycles. The van der Waals surface area contributed by atoms with Crippen LogP contribution in [0.4, 0.5) is 5.82 Å². The van der Waals surface area contributed by atoms with E-state index in [4.69, 9.17) is 16.0 Å². The maximum Gasteiger partial charge on any atom is 0.236 e. The van der Waals surface area contributed by atoms with Crippen molar-refractivity contribution in [1.29, 1.82) is 0 Å². The topological polar surface area (TPSA) is 85.8 Å². The van der Waals surface area contributed by atoms with Gasteiger partial charge in [-0.3, -0.25) is 9.36 Å². The molecule has 1 aromatic carbocycles. The zero-order chi connectivity index (χ0) is 19.3. The number of para-hydroxylation sites is 1. The van der Waals surface area contributed by atoms with Crippen LogP contribution in [0.3, 0.4) is 0 Å². The van der Waals surface area contributed by atoms with Crippen molar-refractivity contribution in [2.45, 2.75) is 5.16 Å². The van der Waals surface area contributed by atoms with Crippen LogP contribution in [0, 0.1) is 0 Å². The summed E-state index contributed by atoms with van der Waals surface area (Å²) >= 11 is 7.08. The molecular formula is C19H14ClN5O2S. The Morgan fingerprint density at radius 3 is 2.68 bits per heavy atom. The molecule has 4 rings (SSSR count). The highest BCUT2D eigenvalue weighted by atomic mass is 35.5. The first kappa shape index (κ1) is 18.3. The number of halogens is 1. The van der Waals surface area contributed by atoms with Crippen LogP contribution in [0.15, 0.2) is 76.6 Å². The molecule has 4 aromatic rings. The highest BCUT2D eigenvalue weighted by molar-refractivity contribution is 7.99. The second-order valence-corrected chi connectivity index (χ2v) is 7.03. The van der Waals surface area contributed by atoms with Gasteiger partial charge in [-0.05, 0) is 36.4 Å². The number of carbonyl (C=O) groups is 1. The summed E-state index contributed by atoms with van der Waals surface area (Å²) in [6, 6.07) is 16.6. The third-order valence-corrected chi connectivity index (χ3v) is 4.87. The Hall–Kier alpha value is -3.10. The molecule has 0 atom stereocenters. The molecule has 1 N–H and O–H groups in total. The summed E-state index contributed by atoms with van der Waals surface area (Å²) in [7, 11) is 0. The van der Waals surface area contributed by atoms with Crippen molar-refractivity contribution in [3.8, 4) is 17.3 Å². The number of furan rings is 1. The Morgan fingerprint density at radius 2 is 1.96 bits per heavy atom. The molecule has 0 saturated heterocycles. The Labute approximate surface area is 169 Å². The van der Waals surface area contributed by atoms with Gasteiger partial charge in [-0.2, -0.15) is 0 Å². The molecule has 0 fully saturated rings. The molecule has 0 saturated carbocycles. The summed E-state index contributed by atoms with van der Waals surface area (Å²) in [5, 5.41) is 12.3. The number of thioether (sulfide) groups is 1. The summed E-state index contributed by atoms with van der Waals surface area (Å²) in [6.45, 7) is 0. The summed E-state index contributed by atoms with van der Waals surface area (Å²) in [6.07, 6.45) is 3.06. The predicted molar refractivity (Wildman–Crippen MR) is 108 cm³/mol. The number of rotatable bonds is 6. The molecule has 0 unspecified atom stereocenters. The van der Waals surface area contributed by atoms with E-state index in [9.17, 15) is 4.79 Å². The number of nitrogens with one attached hydrogen (secondary N) is 1. The highest BCUT2D eigenvalue weighted by Gasteiger charge is 2.18. The molecular weight excluding hydrogens is 398 g/mol. The zero-order valence-electron chi connectivity index (χ0n) is 14.4. The number of carbonyl (C=O) groups excluding carboxylic acids is 1.